The van der Waals surface area contributed by atoms with Gasteiger partial charge >= 0.3 is 0 Å². The van der Waals surface area contributed by atoms with Crippen LogP contribution in [0.25, 0.3) is 11.1 Å². The molecule has 6 heteroatoms. The lowest BCUT2D eigenvalue weighted by Crippen LogP contribution is -2.19. The van der Waals surface area contributed by atoms with Gasteiger partial charge in [-0.25, -0.2) is 4.98 Å². The average molecular weight is 404 g/mol. The van der Waals surface area contributed by atoms with Gasteiger partial charge in [0.2, 0.25) is 5.91 Å². The van der Waals surface area contributed by atoms with Crippen molar-refractivity contribution in [1.29, 1.82) is 0 Å². The second-order valence-corrected chi connectivity index (χ2v) is 7.33. The van der Waals surface area contributed by atoms with E-state index in [1.807, 2.05) is 85.8 Å². The molecule has 0 saturated heterocycles. The highest BCUT2D eigenvalue weighted by molar-refractivity contribution is 8.00. The molecule has 146 valence electrons. The predicted octanol–water partition coefficient (Wildman–Crippen LogP) is 5.70. The number of benzene rings is 3. The van der Waals surface area contributed by atoms with E-state index in [1.54, 1.807) is 0 Å². The Morgan fingerprint density at radius 1 is 1.03 bits per heavy atom. The molecule has 0 radical (unpaired) electrons. The highest BCUT2D eigenvalue weighted by Gasteiger charge is 2.25. The number of nitrogens with zero attached hydrogens (tertiary/aromatic N) is 1. The van der Waals surface area contributed by atoms with Crippen LogP contribution in [-0.4, -0.2) is 17.5 Å². The van der Waals surface area contributed by atoms with Gasteiger partial charge < -0.3 is 14.5 Å². The Kier molecular flexibility index (Phi) is 5.81. The number of aromatic nitrogens is 1. The number of thioether (sulfide) groups is 1. The first-order valence-corrected chi connectivity index (χ1v) is 10.2. The maximum atomic E-state index is 13.2. The van der Waals surface area contributed by atoms with Crippen molar-refractivity contribution in [1.82, 2.24) is 4.98 Å². The Morgan fingerprint density at radius 3 is 2.55 bits per heavy atom. The van der Waals surface area contributed by atoms with Crippen molar-refractivity contribution in [2.24, 2.45) is 0 Å². The number of carbonyl (C=O) groups excluding carboxylic acids is 1. The van der Waals surface area contributed by atoms with Crippen molar-refractivity contribution in [2.75, 3.05) is 11.9 Å². The Bertz CT molecular complexity index is 1080. The molecule has 1 N–H and O–H groups in total. The molecule has 5 nitrogen and oxygen atoms in total. The third-order valence-corrected chi connectivity index (χ3v) is 5.38. The van der Waals surface area contributed by atoms with E-state index in [4.69, 9.17) is 9.15 Å². The zero-order chi connectivity index (χ0) is 20.1. The van der Waals surface area contributed by atoms with Crippen LogP contribution < -0.4 is 10.1 Å². The Labute approximate surface area is 173 Å². The number of rotatable bonds is 7. The molecule has 0 fully saturated rings. The Balaban J connectivity index is 1.63. The van der Waals surface area contributed by atoms with Crippen molar-refractivity contribution in [3.63, 3.8) is 0 Å². The van der Waals surface area contributed by atoms with Gasteiger partial charge in [-0.1, -0.05) is 54.6 Å². The summed E-state index contributed by atoms with van der Waals surface area (Å²) in [6.07, 6.45) is 0. The molecule has 0 aliphatic heterocycles. The second-order valence-electron chi connectivity index (χ2n) is 6.27. The Morgan fingerprint density at radius 2 is 1.76 bits per heavy atom. The molecule has 0 saturated carbocycles. The number of fused-ring (bicyclic) bond motifs is 1. The maximum absolute atomic E-state index is 13.2. The predicted molar refractivity (Wildman–Crippen MR) is 115 cm³/mol. The summed E-state index contributed by atoms with van der Waals surface area (Å²) in [5.41, 5.74) is 2.97. The minimum Gasteiger partial charge on any atom is -0.492 e. The fraction of sp³-hybridized carbons (Fsp3) is 0.130. The molecule has 4 aromatic rings. The van der Waals surface area contributed by atoms with Crippen LogP contribution in [0.2, 0.25) is 0 Å². The minimum absolute atomic E-state index is 0.171. The first kappa shape index (κ1) is 19.1. The third-order valence-electron chi connectivity index (χ3n) is 4.28. The second kappa shape index (κ2) is 8.84. The van der Waals surface area contributed by atoms with Crippen LogP contribution in [0.3, 0.4) is 0 Å². The Hall–Kier alpha value is -3.25. The van der Waals surface area contributed by atoms with E-state index in [2.05, 4.69) is 10.3 Å². The molecule has 29 heavy (non-hydrogen) atoms. The molecule has 0 unspecified atom stereocenters. The molecule has 1 amide bonds. The van der Waals surface area contributed by atoms with Crippen LogP contribution in [0, 0.1) is 0 Å². The molecule has 3 aromatic carbocycles. The summed E-state index contributed by atoms with van der Waals surface area (Å²) in [4.78, 5) is 17.7. The van der Waals surface area contributed by atoms with Gasteiger partial charge in [0.15, 0.2) is 5.58 Å². The molecule has 0 aliphatic rings. The summed E-state index contributed by atoms with van der Waals surface area (Å²) >= 11 is 1.28. The number of ether oxygens (including phenoxy) is 1. The number of para-hydroxylation sites is 4. The van der Waals surface area contributed by atoms with Gasteiger partial charge in [-0.3, -0.25) is 4.79 Å². The van der Waals surface area contributed by atoms with Gasteiger partial charge in [0, 0.05) is 0 Å². The van der Waals surface area contributed by atoms with Crippen LogP contribution in [0.5, 0.6) is 5.75 Å². The third kappa shape index (κ3) is 4.43. The molecule has 0 aliphatic carbocycles. The zero-order valence-electron chi connectivity index (χ0n) is 15.9. The van der Waals surface area contributed by atoms with Gasteiger partial charge in [0.05, 0.1) is 12.3 Å². The lowest BCUT2D eigenvalue weighted by atomic mass is 10.1. The zero-order valence-corrected chi connectivity index (χ0v) is 16.7. The number of oxazole rings is 1. The lowest BCUT2D eigenvalue weighted by Gasteiger charge is -2.17. The molecule has 1 atom stereocenters. The van der Waals surface area contributed by atoms with E-state index in [0.717, 1.165) is 11.1 Å². The molecular formula is C23H20N2O3S. The molecule has 0 spiro atoms. The summed E-state index contributed by atoms with van der Waals surface area (Å²) in [5.74, 6) is 0.470. The molecular weight excluding hydrogens is 384 g/mol. The summed E-state index contributed by atoms with van der Waals surface area (Å²) in [6.45, 7) is 2.43. The summed E-state index contributed by atoms with van der Waals surface area (Å²) in [7, 11) is 0. The normalized spacial score (nSPS) is 11.9. The highest BCUT2D eigenvalue weighted by atomic mass is 32.2. The largest absolute Gasteiger partial charge is 0.492 e. The molecule has 1 heterocycles. The van der Waals surface area contributed by atoms with Gasteiger partial charge in [0.25, 0.3) is 5.22 Å². The van der Waals surface area contributed by atoms with Gasteiger partial charge in [0.1, 0.15) is 16.5 Å². The first-order chi connectivity index (χ1) is 14.2. The molecule has 0 bridgehead atoms. The highest BCUT2D eigenvalue weighted by Crippen LogP contribution is 2.37. The number of amides is 1. The van der Waals surface area contributed by atoms with Crippen molar-refractivity contribution in [3.8, 4) is 5.75 Å². The van der Waals surface area contributed by atoms with Crippen molar-refractivity contribution < 1.29 is 13.9 Å². The number of hydrogen-bond donors (Lipinski definition) is 1. The molecule has 1 aromatic heterocycles. The van der Waals surface area contributed by atoms with Crippen LogP contribution in [0.4, 0.5) is 5.69 Å². The van der Waals surface area contributed by atoms with Crippen LogP contribution in [0.15, 0.2) is 88.5 Å². The van der Waals surface area contributed by atoms with Crippen LogP contribution in [0.1, 0.15) is 17.7 Å². The van der Waals surface area contributed by atoms with Crippen LogP contribution >= 0.6 is 11.8 Å². The quantitative estimate of drug-likeness (QED) is 0.400. The lowest BCUT2D eigenvalue weighted by molar-refractivity contribution is -0.115. The minimum atomic E-state index is -0.529. The number of hydrogen-bond acceptors (Lipinski definition) is 5. The monoisotopic (exact) mass is 404 g/mol. The summed E-state index contributed by atoms with van der Waals surface area (Å²) < 4.78 is 11.5. The van der Waals surface area contributed by atoms with Crippen molar-refractivity contribution in [2.45, 2.75) is 17.4 Å². The fourth-order valence-corrected chi connectivity index (χ4v) is 3.90. The van der Waals surface area contributed by atoms with Gasteiger partial charge in [-0.2, -0.15) is 0 Å². The number of anilines is 1. The summed E-state index contributed by atoms with van der Waals surface area (Å²) in [5, 5.41) is 2.92. The average Bonchev–Trinajstić information content (AvgIpc) is 3.17. The standard InChI is InChI=1S/C23H20N2O3S/c1-2-27-19-14-8-6-12-17(19)24-22(26)21(16-10-4-3-5-11-16)29-23-25-18-13-7-9-15-20(18)28-23/h3-15,21H,2H2,1H3,(H,24,26)/t21-/m0/s1. The molecule has 4 rings (SSSR count). The van der Waals surface area contributed by atoms with Gasteiger partial charge in [-0.15, -0.1) is 0 Å². The SMILES string of the molecule is CCOc1ccccc1NC(=O)[C@@H](Sc1nc2ccccc2o1)c1ccccc1. The van der Waals surface area contributed by atoms with Crippen molar-refractivity contribution in [3.05, 3.63) is 84.4 Å². The van der Waals surface area contributed by atoms with Crippen molar-refractivity contribution >= 4 is 34.5 Å². The summed E-state index contributed by atoms with van der Waals surface area (Å²) in [6, 6.07) is 24.6. The van der Waals surface area contributed by atoms with E-state index in [1.165, 1.54) is 11.8 Å². The van der Waals surface area contributed by atoms with E-state index in [-0.39, 0.29) is 5.91 Å². The number of nitrogens with one attached hydrogen (secondary N) is 1. The first-order valence-electron chi connectivity index (χ1n) is 9.34. The van der Waals surface area contributed by atoms with Crippen LogP contribution in [-0.2, 0) is 4.79 Å². The van der Waals surface area contributed by atoms with E-state index < -0.39 is 5.25 Å². The van der Waals surface area contributed by atoms with Gasteiger partial charge in [-0.05, 0) is 48.5 Å². The topological polar surface area (TPSA) is 64.4 Å². The smallest absolute Gasteiger partial charge is 0.257 e. The number of carbonyl (C=O) groups is 1. The van der Waals surface area contributed by atoms with E-state index in [0.29, 0.717) is 28.8 Å². The van der Waals surface area contributed by atoms with E-state index in [9.17, 15) is 4.79 Å². The fourth-order valence-electron chi connectivity index (χ4n) is 2.95. The maximum Gasteiger partial charge on any atom is 0.257 e. The van der Waals surface area contributed by atoms with E-state index >= 15 is 0 Å².